The summed E-state index contributed by atoms with van der Waals surface area (Å²) in [5.74, 6) is 0. The summed E-state index contributed by atoms with van der Waals surface area (Å²) >= 11 is -4.80. The molecule has 0 bridgehead atoms. The third-order valence-electron chi connectivity index (χ3n) is 7.27. The summed E-state index contributed by atoms with van der Waals surface area (Å²) in [5, 5.41) is 0. The van der Waals surface area contributed by atoms with E-state index in [1.165, 1.54) is 117 Å². The van der Waals surface area contributed by atoms with Crippen LogP contribution < -0.4 is 0 Å². The molecular formula is C28H62O2Sn2. The summed E-state index contributed by atoms with van der Waals surface area (Å²) in [7, 11) is 0. The predicted molar refractivity (Wildman–Crippen MR) is 151 cm³/mol. The molecule has 0 N–H and O–H groups in total. The van der Waals surface area contributed by atoms with Crippen molar-refractivity contribution >= 4 is 37.6 Å². The van der Waals surface area contributed by atoms with Crippen LogP contribution in [-0.4, -0.2) is 50.8 Å². The molecule has 0 unspecified atom stereocenters. The first kappa shape index (κ1) is 33.5. The first-order valence-corrected chi connectivity index (χ1v) is 29.3. The van der Waals surface area contributed by atoms with Crippen LogP contribution in [0.3, 0.4) is 0 Å². The van der Waals surface area contributed by atoms with Gasteiger partial charge < -0.3 is 0 Å². The van der Waals surface area contributed by atoms with E-state index < -0.39 is 37.6 Å². The molecule has 32 heavy (non-hydrogen) atoms. The zero-order chi connectivity index (χ0) is 24.0. The van der Waals surface area contributed by atoms with Crippen LogP contribution in [-0.2, 0) is 6.15 Å². The summed E-state index contributed by atoms with van der Waals surface area (Å²) in [6.07, 6.45) is 18.8. The van der Waals surface area contributed by atoms with E-state index in [0.29, 0.717) is 0 Å². The maximum atomic E-state index is 6.93. The van der Waals surface area contributed by atoms with Crippen molar-refractivity contribution in [2.45, 2.75) is 158 Å². The van der Waals surface area contributed by atoms with Crippen molar-refractivity contribution in [2.24, 2.45) is 0 Å². The Hall–Kier alpha value is 1.52. The maximum absolute atomic E-state index is 6.93. The van der Waals surface area contributed by atoms with Gasteiger partial charge in [0, 0.05) is 0 Å². The van der Waals surface area contributed by atoms with Gasteiger partial charge in [0.1, 0.15) is 0 Å². The molecule has 0 fully saturated rings. The minimum atomic E-state index is -2.40. The van der Waals surface area contributed by atoms with Gasteiger partial charge in [-0.25, -0.2) is 0 Å². The monoisotopic (exact) mass is 670 g/mol. The molecule has 0 spiro atoms. The second kappa shape index (κ2) is 22.9. The fourth-order valence-corrected chi connectivity index (χ4v) is 32.1. The number of rotatable bonds is 25. The van der Waals surface area contributed by atoms with Gasteiger partial charge in [-0.1, -0.05) is 0 Å². The van der Waals surface area contributed by atoms with Gasteiger partial charge in [0.25, 0.3) is 0 Å². The van der Waals surface area contributed by atoms with E-state index in [4.69, 9.17) is 6.15 Å². The van der Waals surface area contributed by atoms with E-state index >= 15 is 0 Å². The molecule has 0 aromatic heterocycles. The van der Waals surface area contributed by atoms with Crippen LogP contribution in [0.4, 0.5) is 0 Å². The second-order valence-corrected chi connectivity index (χ2v) is 34.1. The molecule has 0 aliphatic carbocycles. The van der Waals surface area contributed by atoms with Crippen LogP contribution >= 0.6 is 0 Å². The zero-order valence-electron chi connectivity index (χ0n) is 23.4. The Balaban J connectivity index is 4.72. The average molecular weight is 668 g/mol. The van der Waals surface area contributed by atoms with E-state index in [9.17, 15) is 0 Å². The normalized spacial score (nSPS) is 12.6. The fraction of sp³-hybridized carbons (Fsp3) is 1.00. The Labute approximate surface area is 213 Å². The third kappa shape index (κ3) is 16.2. The van der Waals surface area contributed by atoms with Crippen LogP contribution in [0.5, 0.6) is 0 Å². The summed E-state index contributed by atoms with van der Waals surface area (Å²) in [4.78, 5) is 0. The standard InChI is InChI=1S/C4H8O2.6C4H9.2Sn/c5-3-1-2-4-6;6*1-3-4-2;;/h1-4H2;6*1,3-4H2,2H3;;/q-2;;;;;;;2*+1. The van der Waals surface area contributed by atoms with Crippen molar-refractivity contribution in [2.75, 3.05) is 13.2 Å². The van der Waals surface area contributed by atoms with Gasteiger partial charge in [0.05, 0.1) is 0 Å². The van der Waals surface area contributed by atoms with E-state index in [0.717, 1.165) is 13.2 Å². The van der Waals surface area contributed by atoms with E-state index in [2.05, 4.69) is 41.5 Å². The van der Waals surface area contributed by atoms with Gasteiger partial charge in [-0.15, -0.1) is 0 Å². The second-order valence-electron chi connectivity index (χ2n) is 10.4. The SMILES string of the molecule is CCC[CH2][Sn]([CH2]CCC)([CH2]CCC)[O]CCCC[O][Sn]([CH2]CCC)([CH2]CCC)[CH2]CCC. The van der Waals surface area contributed by atoms with E-state index in [-0.39, 0.29) is 0 Å². The molecule has 0 rings (SSSR count). The molecular weight excluding hydrogens is 606 g/mol. The molecule has 0 atom stereocenters. The Morgan fingerprint density at radius 1 is 0.344 bits per heavy atom. The Morgan fingerprint density at radius 2 is 0.562 bits per heavy atom. The zero-order valence-corrected chi connectivity index (χ0v) is 29.1. The Morgan fingerprint density at radius 3 is 0.750 bits per heavy atom. The van der Waals surface area contributed by atoms with Gasteiger partial charge in [0.15, 0.2) is 0 Å². The molecule has 2 nitrogen and oxygen atoms in total. The molecule has 0 heterocycles. The van der Waals surface area contributed by atoms with Crippen LogP contribution in [0.1, 0.15) is 131 Å². The van der Waals surface area contributed by atoms with Gasteiger partial charge in [-0.2, -0.15) is 0 Å². The molecule has 0 saturated heterocycles. The van der Waals surface area contributed by atoms with Crippen molar-refractivity contribution < 1.29 is 6.15 Å². The number of hydrogen-bond acceptors (Lipinski definition) is 2. The summed E-state index contributed by atoms with van der Waals surface area (Å²) in [6, 6.07) is 0. The summed E-state index contributed by atoms with van der Waals surface area (Å²) in [6.45, 7) is 16.1. The van der Waals surface area contributed by atoms with Crippen LogP contribution in [0.15, 0.2) is 0 Å². The quantitative estimate of drug-likeness (QED) is 0.0713. The topological polar surface area (TPSA) is 18.5 Å². The van der Waals surface area contributed by atoms with Gasteiger partial charge >= 0.3 is 215 Å². The predicted octanol–water partition coefficient (Wildman–Crippen LogP) is 10.5. The molecule has 194 valence electrons. The molecule has 0 aliphatic heterocycles. The van der Waals surface area contributed by atoms with Crippen molar-refractivity contribution in [3.05, 3.63) is 0 Å². The number of hydrogen-bond donors (Lipinski definition) is 0. The Bertz CT molecular complexity index is 310. The first-order chi connectivity index (χ1) is 15.6. The average Bonchev–Trinajstić information content (AvgIpc) is 2.82. The van der Waals surface area contributed by atoms with Crippen LogP contribution in [0.2, 0.25) is 26.6 Å². The van der Waals surface area contributed by atoms with Crippen LogP contribution in [0.25, 0.3) is 0 Å². The first-order valence-electron chi connectivity index (χ1n) is 14.8. The molecule has 0 aromatic rings. The van der Waals surface area contributed by atoms with Crippen molar-refractivity contribution in [3.63, 3.8) is 0 Å². The Kier molecular flexibility index (Phi) is 24.0. The fourth-order valence-electron chi connectivity index (χ4n) is 4.96. The molecule has 0 amide bonds. The van der Waals surface area contributed by atoms with Gasteiger partial charge in [-0.3, -0.25) is 0 Å². The summed E-state index contributed by atoms with van der Waals surface area (Å²) in [5.41, 5.74) is 0. The third-order valence-corrected chi connectivity index (χ3v) is 33.6. The number of unbranched alkanes of at least 4 members (excludes halogenated alkanes) is 7. The van der Waals surface area contributed by atoms with Crippen molar-refractivity contribution in [1.82, 2.24) is 0 Å². The summed E-state index contributed by atoms with van der Waals surface area (Å²) < 4.78 is 22.7. The molecule has 0 saturated carbocycles. The van der Waals surface area contributed by atoms with Crippen molar-refractivity contribution in [3.8, 4) is 0 Å². The van der Waals surface area contributed by atoms with Gasteiger partial charge in [-0.05, 0) is 0 Å². The molecule has 0 aliphatic rings. The van der Waals surface area contributed by atoms with E-state index in [1.807, 2.05) is 0 Å². The van der Waals surface area contributed by atoms with Gasteiger partial charge in [0.2, 0.25) is 0 Å². The molecule has 0 radical (unpaired) electrons. The molecule has 0 aromatic carbocycles. The molecule has 4 heteroatoms. The van der Waals surface area contributed by atoms with Crippen molar-refractivity contribution in [1.29, 1.82) is 0 Å². The minimum absolute atomic E-state index is 1.03. The van der Waals surface area contributed by atoms with Crippen LogP contribution in [0, 0.1) is 0 Å². The van der Waals surface area contributed by atoms with E-state index in [1.54, 1.807) is 0 Å².